The Hall–Kier alpha value is -0.610. The van der Waals surface area contributed by atoms with Gasteiger partial charge in [0.1, 0.15) is 0 Å². The van der Waals surface area contributed by atoms with Crippen molar-refractivity contribution < 1.29 is 4.79 Å². The zero-order valence-electron chi connectivity index (χ0n) is 11.7. The number of rotatable bonds is 5. The Morgan fingerprint density at radius 1 is 1.28 bits per heavy atom. The van der Waals surface area contributed by atoms with E-state index in [0.717, 1.165) is 19.6 Å². The van der Waals surface area contributed by atoms with E-state index in [9.17, 15) is 4.79 Å². The fourth-order valence-electron chi connectivity index (χ4n) is 2.78. The van der Waals surface area contributed by atoms with Crippen molar-refractivity contribution >= 4 is 5.91 Å². The minimum absolute atomic E-state index is 0.153. The van der Waals surface area contributed by atoms with Gasteiger partial charge in [-0.05, 0) is 51.9 Å². The number of carbonyl (C=O) groups excluding carboxylic acids is 1. The molecule has 0 saturated carbocycles. The second kappa shape index (κ2) is 6.53. The number of hydrogen-bond donors (Lipinski definition) is 2. The Labute approximate surface area is 110 Å². The van der Waals surface area contributed by atoms with E-state index in [0.29, 0.717) is 12.0 Å². The average Bonchev–Trinajstić information content (AvgIpc) is 2.34. The zero-order chi connectivity index (χ0) is 13.0. The summed E-state index contributed by atoms with van der Waals surface area (Å²) < 4.78 is 0. The third-order valence-electron chi connectivity index (χ3n) is 4.52. The number of amides is 1. The fraction of sp³-hybridized carbons (Fsp3) is 0.929. The minimum atomic E-state index is 0.153. The highest BCUT2D eigenvalue weighted by Gasteiger charge is 2.28. The summed E-state index contributed by atoms with van der Waals surface area (Å²) in [6.45, 7) is 9.45. The van der Waals surface area contributed by atoms with E-state index in [1.54, 1.807) is 0 Å². The Morgan fingerprint density at radius 2 is 1.94 bits per heavy atom. The van der Waals surface area contributed by atoms with Crippen LogP contribution < -0.4 is 10.6 Å². The lowest BCUT2D eigenvalue weighted by atomic mass is 9.88. The molecule has 2 aliphatic heterocycles. The molecule has 2 N–H and O–H groups in total. The molecule has 2 atom stereocenters. The first-order valence-corrected chi connectivity index (χ1v) is 7.41. The van der Waals surface area contributed by atoms with Crippen molar-refractivity contribution in [3.8, 4) is 0 Å². The van der Waals surface area contributed by atoms with Crippen molar-refractivity contribution in [2.75, 3.05) is 32.7 Å². The van der Waals surface area contributed by atoms with Crippen LogP contribution in [0.1, 0.15) is 33.1 Å². The van der Waals surface area contributed by atoms with Gasteiger partial charge in [0, 0.05) is 18.5 Å². The van der Waals surface area contributed by atoms with E-state index in [1.165, 1.54) is 32.4 Å². The van der Waals surface area contributed by atoms with Gasteiger partial charge in [-0.15, -0.1) is 0 Å². The van der Waals surface area contributed by atoms with E-state index < -0.39 is 0 Å². The van der Waals surface area contributed by atoms with Gasteiger partial charge in [-0.2, -0.15) is 0 Å². The summed E-state index contributed by atoms with van der Waals surface area (Å²) in [4.78, 5) is 14.5. The van der Waals surface area contributed by atoms with Crippen LogP contribution in [-0.4, -0.2) is 49.6 Å². The molecule has 0 radical (unpaired) electrons. The molecule has 2 heterocycles. The van der Waals surface area contributed by atoms with Crippen LogP contribution in [0.4, 0.5) is 0 Å². The second-order valence-corrected chi connectivity index (χ2v) is 5.90. The number of likely N-dealkylation sites (tertiary alicyclic amines) is 1. The predicted octanol–water partition coefficient (Wildman–Crippen LogP) is 0.833. The summed E-state index contributed by atoms with van der Waals surface area (Å²) in [6.07, 6.45) is 3.98. The van der Waals surface area contributed by atoms with E-state index in [-0.39, 0.29) is 11.8 Å². The van der Waals surface area contributed by atoms with E-state index >= 15 is 0 Å². The van der Waals surface area contributed by atoms with Crippen LogP contribution in [-0.2, 0) is 4.79 Å². The van der Waals surface area contributed by atoms with Crippen LogP contribution >= 0.6 is 0 Å². The third kappa shape index (κ3) is 3.45. The number of nitrogens with one attached hydrogen (secondary N) is 2. The SMILES string of the molecule is CC(C(=O)NCC(C)N1CCCCC1)C1CNC1. The van der Waals surface area contributed by atoms with Crippen LogP contribution in [0.2, 0.25) is 0 Å². The molecule has 2 rings (SSSR count). The maximum Gasteiger partial charge on any atom is 0.223 e. The Balaban J connectivity index is 1.67. The highest BCUT2D eigenvalue weighted by Crippen LogP contribution is 2.16. The topological polar surface area (TPSA) is 44.4 Å². The summed E-state index contributed by atoms with van der Waals surface area (Å²) in [7, 11) is 0. The normalized spacial score (nSPS) is 25.2. The predicted molar refractivity (Wildman–Crippen MR) is 73.4 cm³/mol. The van der Waals surface area contributed by atoms with Gasteiger partial charge in [-0.1, -0.05) is 13.3 Å². The summed E-state index contributed by atoms with van der Waals surface area (Å²) >= 11 is 0. The van der Waals surface area contributed by atoms with Gasteiger partial charge in [0.2, 0.25) is 5.91 Å². The van der Waals surface area contributed by atoms with Crippen LogP contribution in [0.5, 0.6) is 0 Å². The van der Waals surface area contributed by atoms with Gasteiger partial charge < -0.3 is 10.6 Å². The highest BCUT2D eigenvalue weighted by atomic mass is 16.1. The van der Waals surface area contributed by atoms with Gasteiger partial charge in [0.25, 0.3) is 0 Å². The van der Waals surface area contributed by atoms with Crippen LogP contribution in [0.25, 0.3) is 0 Å². The van der Waals surface area contributed by atoms with Crippen molar-refractivity contribution in [3.05, 3.63) is 0 Å². The lowest BCUT2D eigenvalue weighted by molar-refractivity contribution is -0.126. The standard InChI is InChI=1S/C14H27N3O/c1-11(17-6-4-3-5-7-17)8-16-14(18)12(2)13-9-15-10-13/h11-13,15H,3-10H2,1-2H3,(H,16,18). The molecule has 2 saturated heterocycles. The first kappa shape index (κ1) is 13.8. The minimum Gasteiger partial charge on any atom is -0.354 e. The Kier molecular flexibility index (Phi) is 5.01. The lowest BCUT2D eigenvalue weighted by Crippen LogP contribution is -2.51. The first-order valence-electron chi connectivity index (χ1n) is 7.41. The molecular formula is C14H27N3O. The molecule has 0 bridgehead atoms. The van der Waals surface area contributed by atoms with Crippen molar-refractivity contribution in [2.45, 2.75) is 39.2 Å². The third-order valence-corrected chi connectivity index (χ3v) is 4.52. The molecule has 4 heteroatoms. The second-order valence-electron chi connectivity index (χ2n) is 5.90. The van der Waals surface area contributed by atoms with Crippen molar-refractivity contribution in [2.24, 2.45) is 11.8 Å². The van der Waals surface area contributed by atoms with Crippen molar-refractivity contribution in [1.82, 2.24) is 15.5 Å². The maximum absolute atomic E-state index is 12.0. The lowest BCUT2D eigenvalue weighted by Gasteiger charge is -2.34. The van der Waals surface area contributed by atoms with Crippen LogP contribution in [0.15, 0.2) is 0 Å². The number of hydrogen-bond acceptors (Lipinski definition) is 3. The average molecular weight is 253 g/mol. The molecule has 4 nitrogen and oxygen atoms in total. The first-order chi connectivity index (χ1) is 8.68. The molecule has 18 heavy (non-hydrogen) atoms. The van der Waals surface area contributed by atoms with Gasteiger partial charge in [0.15, 0.2) is 0 Å². The molecular weight excluding hydrogens is 226 g/mol. The molecule has 2 unspecified atom stereocenters. The summed E-state index contributed by atoms with van der Waals surface area (Å²) in [5.41, 5.74) is 0. The van der Waals surface area contributed by atoms with Crippen molar-refractivity contribution in [3.63, 3.8) is 0 Å². The van der Waals surface area contributed by atoms with Gasteiger partial charge >= 0.3 is 0 Å². The van der Waals surface area contributed by atoms with Crippen LogP contribution in [0.3, 0.4) is 0 Å². The molecule has 2 aliphatic rings. The van der Waals surface area contributed by atoms with Crippen LogP contribution in [0, 0.1) is 11.8 Å². The number of carbonyl (C=O) groups is 1. The molecule has 0 spiro atoms. The van der Waals surface area contributed by atoms with Gasteiger partial charge in [-0.25, -0.2) is 0 Å². The number of nitrogens with zero attached hydrogens (tertiary/aromatic N) is 1. The molecule has 0 aromatic carbocycles. The van der Waals surface area contributed by atoms with Gasteiger partial charge in [0.05, 0.1) is 0 Å². The highest BCUT2D eigenvalue weighted by molar-refractivity contribution is 5.78. The molecule has 1 amide bonds. The van der Waals surface area contributed by atoms with Crippen molar-refractivity contribution in [1.29, 1.82) is 0 Å². The van der Waals surface area contributed by atoms with E-state index in [4.69, 9.17) is 0 Å². The smallest absolute Gasteiger partial charge is 0.223 e. The molecule has 0 aromatic rings. The van der Waals surface area contributed by atoms with Gasteiger partial charge in [-0.3, -0.25) is 9.69 Å². The maximum atomic E-state index is 12.0. The van der Waals surface area contributed by atoms with E-state index in [1.807, 2.05) is 6.92 Å². The monoisotopic (exact) mass is 253 g/mol. The fourth-order valence-corrected chi connectivity index (χ4v) is 2.78. The largest absolute Gasteiger partial charge is 0.354 e. The summed E-state index contributed by atoms with van der Waals surface area (Å²) in [5.74, 6) is 0.917. The zero-order valence-corrected chi connectivity index (χ0v) is 11.7. The Bertz CT molecular complexity index is 272. The molecule has 0 aliphatic carbocycles. The Morgan fingerprint density at radius 3 is 2.50 bits per heavy atom. The molecule has 104 valence electrons. The molecule has 2 fully saturated rings. The molecule has 0 aromatic heterocycles. The summed E-state index contributed by atoms with van der Waals surface area (Å²) in [6, 6.07) is 0.473. The number of piperidine rings is 1. The quantitative estimate of drug-likeness (QED) is 0.763. The van der Waals surface area contributed by atoms with E-state index in [2.05, 4.69) is 22.5 Å². The summed E-state index contributed by atoms with van der Waals surface area (Å²) in [5, 5.41) is 6.35.